The van der Waals surface area contributed by atoms with Crippen LogP contribution in [0.25, 0.3) is 0 Å². The van der Waals surface area contributed by atoms with Crippen LogP contribution in [0.4, 0.5) is 4.39 Å². The van der Waals surface area contributed by atoms with E-state index >= 15 is 0 Å². The van der Waals surface area contributed by atoms with Crippen molar-refractivity contribution in [1.29, 1.82) is 0 Å². The monoisotopic (exact) mass is 209 g/mol. The molecular weight excluding hydrogens is 189 g/mol. The summed E-state index contributed by atoms with van der Waals surface area (Å²) in [6.45, 7) is 5.43. The van der Waals surface area contributed by atoms with Gasteiger partial charge in [-0.2, -0.15) is 0 Å². The minimum atomic E-state index is -0.157. The molecule has 2 heteroatoms. The maximum absolute atomic E-state index is 12.6. The molecule has 0 amide bonds. The van der Waals surface area contributed by atoms with Crippen molar-refractivity contribution in [2.45, 2.75) is 39.2 Å². The van der Waals surface area contributed by atoms with E-state index in [4.69, 9.17) is 0 Å². The van der Waals surface area contributed by atoms with E-state index in [1.54, 1.807) is 0 Å². The third kappa shape index (κ3) is 4.93. The van der Waals surface area contributed by atoms with E-state index in [1.165, 1.54) is 24.1 Å². The molecular formula is C13H20FN. The largest absolute Gasteiger partial charge is 0.314 e. The molecule has 1 aromatic rings. The Balaban J connectivity index is 2.27. The van der Waals surface area contributed by atoms with E-state index in [-0.39, 0.29) is 5.82 Å². The minimum absolute atomic E-state index is 0.157. The third-order valence-corrected chi connectivity index (χ3v) is 2.52. The zero-order valence-electron chi connectivity index (χ0n) is 9.59. The molecule has 0 aliphatic heterocycles. The van der Waals surface area contributed by atoms with Gasteiger partial charge in [0.25, 0.3) is 0 Å². The average Bonchev–Trinajstić information content (AvgIpc) is 2.25. The van der Waals surface area contributed by atoms with Crippen LogP contribution in [0, 0.1) is 5.82 Å². The molecule has 0 heterocycles. The van der Waals surface area contributed by atoms with E-state index < -0.39 is 0 Å². The van der Waals surface area contributed by atoms with Crippen molar-refractivity contribution in [2.75, 3.05) is 6.54 Å². The molecule has 1 rings (SSSR count). The van der Waals surface area contributed by atoms with Gasteiger partial charge >= 0.3 is 0 Å². The molecule has 1 unspecified atom stereocenters. The Hall–Kier alpha value is -0.890. The van der Waals surface area contributed by atoms with Gasteiger partial charge in [0.1, 0.15) is 5.82 Å². The van der Waals surface area contributed by atoms with Gasteiger partial charge < -0.3 is 5.32 Å². The number of hydrogen-bond acceptors (Lipinski definition) is 1. The first-order valence-corrected chi connectivity index (χ1v) is 5.70. The molecule has 0 saturated carbocycles. The van der Waals surface area contributed by atoms with Crippen LogP contribution < -0.4 is 5.32 Å². The maximum Gasteiger partial charge on any atom is 0.123 e. The molecule has 1 aromatic carbocycles. The molecule has 0 spiro atoms. The summed E-state index contributed by atoms with van der Waals surface area (Å²) in [6.07, 6.45) is 3.28. The highest BCUT2D eigenvalue weighted by molar-refractivity contribution is 5.16. The molecule has 1 N–H and O–H groups in total. The van der Waals surface area contributed by atoms with Crippen LogP contribution >= 0.6 is 0 Å². The molecule has 0 aliphatic carbocycles. The number of benzene rings is 1. The highest BCUT2D eigenvalue weighted by Gasteiger charge is 2.01. The van der Waals surface area contributed by atoms with Gasteiger partial charge in [0.05, 0.1) is 0 Å². The smallest absolute Gasteiger partial charge is 0.123 e. The fourth-order valence-corrected chi connectivity index (χ4v) is 1.53. The molecule has 0 bridgehead atoms. The second kappa shape index (κ2) is 6.57. The normalized spacial score (nSPS) is 12.7. The summed E-state index contributed by atoms with van der Waals surface area (Å²) in [5, 5.41) is 3.44. The van der Waals surface area contributed by atoms with Crippen molar-refractivity contribution in [3.05, 3.63) is 35.6 Å². The molecule has 0 aromatic heterocycles. The SMILES string of the molecule is CCCNC(C)CCc1ccc(F)cc1. The fraction of sp³-hybridized carbons (Fsp3) is 0.538. The minimum Gasteiger partial charge on any atom is -0.314 e. The Bertz CT molecular complexity index is 268. The lowest BCUT2D eigenvalue weighted by molar-refractivity contribution is 0.513. The quantitative estimate of drug-likeness (QED) is 0.759. The van der Waals surface area contributed by atoms with Crippen LogP contribution in [0.1, 0.15) is 32.3 Å². The molecule has 15 heavy (non-hydrogen) atoms. The van der Waals surface area contributed by atoms with Crippen molar-refractivity contribution in [3.8, 4) is 0 Å². The highest BCUT2D eigenvalue weighted by Crippen LogP contribution is 2.06. The summed E-state index contributed by atoms with van der Waals surface area (Å²) in [5.41, 5.74) is 1.21. The first-order chi connectivity index (χ1) is 7.22. The number of hydrogen-bond donors (Lipinski definition) is 1. The maximum atomic E-state index is 12.6. The summed E-state index contributed by atoms with van der Waals surface area (Å²) < 4.78 is 12.6. The van der Waals surface area contributed by atoms with E-state index in [2.05, 4.69) is 19.2 Å². The summed E-state index contributed by atoms with van der Waals surface area (Å²) in [6, 6.07) is 7.32. The standard InChI is InChI=1S/C13H20FN/c1-3-10-15-11(2)4-5-12-6-8-13(14)9-7-12/h6-9,11,15H,3-5,10H2,1-2H3. The van der Waals surface area contributed by atoms with Crippen molar-refractivity contribution in [3.63, 3.8) is 0 Å². The van der Waals surface area contributed by atoms with Gasteiger partial charge in [0.15, 0.2) is 0 Å². The summed E-state index contributed by atoms with van der Waals surface area (Å²) in [7, 11) is 0. The van der Waals surface area contributed by atoms with Crippen LogP contribution in [0.3, 0.4) is 0 Å². The number of aryl methyl sites for hydroxylation is 1. The molecule has 1 atom stereocenters. The Kier molecular flexibility index (Phi) is 5.33. The van der Waals surface area contributed by atoms with Gasteiger partial charge in [-0.15, -0.1) is 0 Å². The number of halogens is 1. The van der Waals surface area contributed by atoms with Gasteiger partial charge in [0, 0.05) is 6.04 Å². The molecule has 1 nitrogen and oxygen atoms in total. The molecule has 84 valence electrons. The first-order valence-electron chi connectivity index (χ1n) is 5.70. The molecule has 0 saturated heterocycles. The highest BCUT2D eigenvalue weighted by atomic mass is 19.1. The summed E-state index contributed by atoms with van der Waals surface area (Å²) in [4.78, 5) is 0. The first kappa shape index (κ1) is 12.2. The van der Waals surface area contributed by atoms with Crippen LogP contribution in [0.15, 0.2) is 24.3 Å². The van der Waals surface area contributed by atoms with E-state index in [0.717, 1.165) is 19.4 Å². The lowest BCUT2D eigenvalue weighted by Crippen LogP contribution is -2.27. The van der Waals surface area contributed by atoms with Crippen molar-refractivity contribution < 1.29 is 4.39 Å². The number of nitrogens with one attached hydrogen (secondary N) is 1. The average molecular weight is 209 g/mol. The fourth-order valence-electron chi connectivity index (χ4n) is 1.53. The molecule has 0 fully saturated rings. The lowest BCUT2D eigenvalue weighted by atomic mass is 10.1. The third-order valence-electron chi connectivity index (χ3n) is 2.52. The van der Waals surface area contributed by atoms with Gasteiger partial charge in [-0.05, 0) is 50.4 Å². The van der Waals surface area contributed by atoms with Crippen LogP contribution in [0.2, 0.25) is 0 Å². The van der Waals surface area contributed by atoms with Crippen molar-refractivity contribution >= 4 is 0 Å². The van der Waals surface area contributed by atoms with Crippen LogP contribution in [-0.2, 0) is 6.42 Å². The lowest BCUT2D eigenvalue weighted by Gasteiger charge is -2.12. The van der Waals surface area contributed by atoms with Gasteiger partial charge in [-0.25, -0.2) is 4.39 Å². The molecule has 0 aliphatic rings. The molecule has 0 radical (unpaired) electrons. The topological polar surface area (TPSA) is 12.0 Å². The van der Waals surface area contributed by atoms with E-state index in [0.29, 0.717) is 6.04 Å². The van der Waals surface area contributed by atoms with Gasteiger partial charge in [-0.3, -0.25) is 0 Å². The Labute approximate surface area is 91.7 Å². The van der Waals surface area contributed by atoms with Gasteiger partial charge in [0.2, 0.25) is 0 Å². The second-order valence-corrected chi connectivity index (χ2v) is 4.02. The zero-order valence-corrected chi connectivity index (χ0v) is 9.59. The van der Waals surface area contributed by atoms with Crippen molar-refractivity contribution in [2.24, 2.45) is 0 Å². The summed E-state index contributed by atoms with van der Waals surface area (Å²) >= 11 is 0. The Morgan fingerprint density at radius 3 is 2.53 bits per heavy atom. The van der Waals surface area contributed by atoms with Crippen LogP contribution in [-0.4, -0.2) is 12.6 Å². The Morgan fingerprint density at radius 2 is 1.93 bits per heavy atom. The summed E-state index contributed by atoms with van der Waals surface area (Å²) in [5.74, 6) is -0.157. The predicted molar refractivity (Wildman–Crippen MR) is 62.5 cm³/mol. The van der Waals surface area contributed by atoms with E-state index in [9.17, 15) is 4.39 Å². The Morgan fingerprint density at radius 1 is 1.27 bits per heavy atom. The van der Waals surface area contributed by atoms with Crippen LogP contribution in [0.5, 0.6) is 0 Å². The number of rotatable bonds is 6. The zero-order chi connectivity index (χ0) is 11.1. The van der Waals surface area contributed by atoms with Gasteiger partial charge in [-0.1, -0.05) is 19.1 Å². The van der Waals surface area contributed by atoms with E-state index in [1.807, 2.05) is 12.1 Å². The second-order valence-electron chi connectivity index (χ2n) is 4.02. The van der Waals surface area contributed by atoms with Crippen molar-refractivity contribution in [1.82, 2.24) is 5.32 Å². The predicted octanol–water partition coefficient (Wildman–Crippen LogP) is 3.15.